The zero-order valence-electron chi connectivity index (χ0n) is 12.5. The molecule has 8 heteroatoms. The Labute approximate surface area is 151 Å². The van der Waals surface area contributed by atoms with Crippen molar-refractivity contribution >= 4 is 56.6 Å². The zero-order chi connectivity index (χ0) is 16.7. The van der Waals surface area contributed by atoms with Crippen molar-refractivity contribution in [2.75, 3.05) is 5.32 Å². The van der Waals surface area contributed by atoms with Crippen molar-refractivity contribution in [2.45, 2.75) is 6.92 Å². The molecule has 24 heavy (non-hydrogen) atoms. The summed E-state index contributed by atoms with van der Waals surface area (Å²) in [6.45, 7) is 1.95. The zero-order valence-corrected chi connectivity index (χ0v) is 14.8. The average Bonchev–Trinajstić information content (AvgIpc) is 3.14. The van der Waals surface area contributed by atoms with E-state index >= 15 is 0 Å². The van der Waals surface area contributed by atoms with Crippen molar-refractivity contribution in [2.24, 2.45) is 0 Å². The molecule has 5 nitrogen and oxygen atoms in total. The number of fused-ring (bicyclic) bond motifs is 1. The third kappa shape index (κ3) is 2.73. The fourth-order valence-electron chi connectivity index (χ4n) is 2.41. The van der Waals surface area contributed by atoms with E-state index in [0.29, 0.717) is 27.3 Å². The highest BCUT2D eigenvalue weighted by molar-refractivity contribution is 7.10. The highest BCUT2D eigenvalue weighted by atomic mass is 35.5. The number of rotatable bonds is 3. The molecule has 1 aromatic carbocycles. The molecule has 0 fully saturated rings. The molecule has 0 saturated carbocycles. The maximum atomic E-state index is 6.28. The van der Waals surface area contributed by atoms with Crippen LogP contribution >= 0.6 is 34.7 Å². The minimum atomic E-state index is 0.544. The first-order valence-corrected chi connectivity index (χ1v) is 8.64. The number of anilines is 2. The van der Waals surface area contributed by atoms with E-state index in [2.05, 4.69) is 24.6 Å². The van der Waals surface area contributed by atoms with E-state index in [-0.39, 0.29) is 0 Å². The van der Waals surface area contributed by atoms with Crippen LogP contribution in [0.15, 0.2) is 36.5 Å². The smallest absolute Gasteiger partial charge is 0.159 e. The van der Waals surface area contributed by atoms with Crippen LogP contribution in [0.1, 0.15) is 5.69 Å². The number of pyridine rings is 1. The summed E-state index contributed by atoms with van der Waals surface area (Å²) in [7, 11) is 0. The molecule has 0 saturated heterocycles. The van der Waals surface area contributed by atoms with Crippen LogP contribution in [0.4, 0.5) is 10.8 Å². The molecule has 3 aromatic heterocycles. The van der Waals surface area contributed by atoms with Crippen LogP contribution in [0.25, 0.3) is 22.4 Å². The molecule has 2 N–H and O–H groups in total. The van der Waals surface area contributed by atoms with Gasteiger partial charge in [-0.2, -0.15) is 4.37 Å². The molecule has 0 aliphatic rings. The van der Waals surface area contributed by atoms with Gasteiger partial charge >= 0.3 is 0 Å². The van der Waals surface area contributed by atoms with Crippen LogP contribution in [-0.4, -0.2) is 19.3 Å². The van der Waals surface area contributed by atoms with Gasteiger partial charge < -0.3 is 10.3 Å². The molecule has 0 aliphatic heterocycles. The van der Waals surface area contributed by atoms with Gasteiger partial charge in [0.2, 0.25) is 0 Å². The lowest BCUT2D eigenvalue weighted by Crippen LogP contribution is -1.92. The lowest BCUT2D eigenvalue weighted by atomic mass is 10.2. The summed E-state index contributed by atoms with van der Waals surface area (Å²) in [5.74, 6) is 1.26. The number of nitrogens with zero attached hydrogens (tertiary/aromatic N) is 3. The molecule has 3 heterocycles. The Morgan fingerprint density at radius 1 is 1.17 bits per heavy atom. The summed E-state index contributed by atoms with van der Waals surface area (Å²) in [6, 6.07) is 9.20. The summed E-state index contributed by atoms with van der Waals surface area (Å²) < 4.78 is 4.26. The Morgan fingerprint density at radius 3 is 2.67 bits per heavy atom. The van der Waals surface area contributed by atoms with Gasteiger partial charge in [0.25, 0.3) is 0 Å². The van der Waals surface area contributed by atoms with Gasteiger partial charge in [-0.1, -0.05) is 29.3 Å². The molecule has 0 unspecified atom stereocenters. The second-order valence-corrected chi connectivity index (χ2v) is 6.81. The molecular weight excluding hydrogens is 365 g/mol. The third-order valence-corrected chi connectivity index (χ3v) is 4.90. The number of benzene rings is 1. The van der Waals surface area contributed by atoms with Crippen LogP contribution < -0.4 is 5.32 Å². The van der Waals surface area contributed by atoms with Crippen molar-refractivity contribution in [3.8, 4) is 11.4 Å². The molecule has 0 atom stereocenters. The molecule has 4 rings (SSSR count). The van der Waals surface area contributed by atoms with Crippen molar-refractivity contribution in [3.63, 3.8) is 0 Å². The fourth-order valence-corrected chi connectivity index (χ4v) is 3.65. The van der Waals surface area contributed by atoms with Gasteiger partial charge in [-0.25, -0.2) is 9.97 Å². The molecule has 0 spiro atoms. The normalized spacial score (nSPS) is 11.1. The van der Waals surface area contributed by atoms with Gasteiger partial charge in [0.05, 0.1) is 26.8 Å². The minimum Gasteiger partial charge on any atom is -0.338 e. The number of imidazole rings is 1. The number of halogens is 2. The van der Waals surface area contributed by atoms with E-state index in [0.717, 1.165) is 21.7 Å². The highest BCUT2D eigenvalue weighted by Crippen LogP contribution is 2.35. The quantitative estimate of drug-likeness (QED) is 0.500. The SMILES string of the molecule is Cc1cc(Nc2nccc3[nH]c(-c4c(Cl)cccc4Cl)nc23)sn1. The largest absolute Gasteiger partial charge is 0.338 e. The monoisotopic (exact) mass is 375 g/mol. The lowest BCUT2D eigenvalue weighted by Gasteiger charge is -2.02. The Kier molecular flexibility index (Phi) is 3.88. The summed E-state index contributed by atoms with van der Waals surface area (Å²) in [4.78, 5) is 12.3. The van der Waals surface area contributed by atoms with Gasteiger partial charge in [-0.3, -0.25) is 0 Å². The Balaban J connectivity index is 1.82. The number of aryl methyl sites for hydroxylation is 1. The van der Waals surface area contributed by atoms with Gasteiger partial charge in [0.1, 0.15) is 16.3 Å². The minimum absolute atomic E-state index is 0.544. The highest BCUT2D eigenvalue weighted by Gasteiger charge is 2.15. The van der Waals surface area contributed by atoms with E-state index in [9.17, 15) is 0 Å². The van der Waals surface area contributed by atoms with Gasteiger partial charge in [0, 0.05) is 6.20 Å². The van der Waals surface area contributed by atoms with E-state index in [1.54, 1.807) is 24.4 Å². The standard InChI is InChI=1S/C16H11Cl2N5S/c1-8-7-12(24-23-8)21-16-14-11(5-6-19-16)20-15(22-14)13-9(17)3-2-4-10(13)18/h2-7H,1H3,(H,19,21)(H,20,22). The van der Waals surface area contributed by atoms with E-state index < -0.39 is 0 Å². The number of aromatic amines is 1. The summed E-state index contributed by atoms with van der Waals surface area (Å²) in [6.07, 6.45) is 1.72. The van der Waals surface area contributed by atoms with E-state index in [4.69, 9.17) is 23.2 Å². The predicted octanol–water partition coefficient (Wildman–Crippen LogP) is 5.44. The van der Waals surface area contributed by atoms with Gasteiger partial charge in [0.15, 0.2) is 5.82 Å². The van der Waals surface area contributed by atoms with Crippen molar-refractivity contribution in [3.05, 3.63) is 52.3 Å². The summed E-state index contributed by atoms with van der Waals surface area (Å²) in [5, 5.41) is 5.26. The Morgan fingerprint density at radius 2 is 1.96 bits per heavy atom. The number of hydrogen-bond acceptors (Lipinski definition) is 5. The number of hydrogen-bond donors (Lipinski definition) is 2. The van der Waals surface area contributed by atoms with Crippen molar-refractivity contribution in [1.82, 2.24) is 19.3 Å². The predicted molar refractivity (Wildman–Crippen MR) is 99.5 cm³/mol. The van der Waals surface area contributed by atoms with E-state index in [1.165, 1.54) is 11.5 Å². The number of H-pyrrole nitrogens is 1. The van der Waals surface area contributed by atoms with Crippen LogP contribution in [0.2, 0.25) is 10.0 Å². The average molecular weight is 376 g/mol. The summed E-state index contributed by atoms with van der Waals surface area (Å²) >= 11 is 13.9. The molecule has 0 aliphatic carbocycles. The molecular formula is C16H11Cl2N5S. The lowest BCUT2D eigenvalue weighted by molar-refractivity contribution is 1.31. The van der Waals surface area contributed by atoms with Crippen molar-refractivity contribution < 1.29 is 0 Å². The molecule has 0 radical (unpaired) electrons. The third-order valence-electron chi connectivity index (χ3n) is 3.47. The van der Waals surface area contributed by atoms with E-state index in [1.807, 2.05) is 19.1 Å². The molecule has 4 aromatic rings. The fraction of sp³-hybridized carbons (Fsp3) is 0.0625. The Bertz CT molecular complexity index is 1020. The second-order valence-electron chi connectivity index (χ2n) is 5.20. The summed E-state index contributed by atoms with van der Waals surface area (Å²) in [5.41, 5.74) is 3.20. The first kappa shape index (κ1) is 15.4. The van der Waals surface area contributed by atoms with Crippen LogP contribution in [0.5, 0.6) is 0 Å². The maximum absolute atomic E-state index is 6.28. The second kappa shape index (κ2) is 6.05. The van der Waals surface area contributed by atoms with Crippen LogP contribution in [-0.2, 0) is 0 Å². The van der Waals surface area contributed by atoms with Gasteiger partial charge in [-0.15, -0.1) is 0 Å². The molecule has 0 amide bonds. The van der Waals surface area contributed by atoms with Crippen molar-refractivity contribution in [1.29, 1.82) is 0 Å². The first-order chi connectivity index (χ1) is 11.6. The van der Waals surface area contributed by atoms with Crippen LogP contribution in [0, 0.1) is 6.92 Å². The Hall–Kier alpha value is -2.15. The topological polar surface area (TPSA) is 66.5 Å². The number of nitrogens with one attached hydrogen (secondary N) is 2. The molecule has 0 bridgehead atoms. The van der Waals surface area contributed by atoms with Gasteiger partial charge in [-0.05, 0) is 42.7 Å². The number of aromatic nitrogens is 4. The maximum Gasteiger partial charge on any atom is 0.159 e. The van der Waals surface area contributed by atoms with Crippen LogP contribution in [0.3, 0.4) is 0 Å². The molecule has 120 valence electrons. The first-order valence-electron chi connectivity index (χ1n) is 7.11.